The van der Waals surface area contributed by atoms with Crippen molar-refractivity contribution >= 4 is 38.8 Å². The van der Waals surface area contributed by atoms with Gasteiger partial charge < -0.3 is 0 Å². The van der Waals surface area contributed by atoms with Gasteiger partial charge >= 0.3 is 0 Å². The van der Waals surface area contributed by atoms with Crippen LogP contribution in [0.2, 0.25) is 5.02 Å². The predicted molar refractivity (Wildman–Crippen MR) is 81.3 cm³/mol. The Morgan fingerprint density at radius 2 is 1.95 bits per heavy atom. The zero-order valence-corrected chi connectivity index (χ0v) is 12.0. The molecule has 0 atom stereocenters. The van der Waals surface area contributed by atoms with Crippen LogP contribution in [0.25, 0.3) is 10.1 Å². The van der Waals surface area contributed by atoms with Crippen molar-refractivity contribution < 1.29 is 9.18 Å². The predicted octanol–water partition coefficient (Wildman–Crippen LogP) is 5.12. The second-order valence-electron chi connectivity index (χ2n) is 4.46. The molecule has 0 amide bonds. The zero-order valence-electron chi connectivity index (χ0n) is 10.4. The minimum Gasteiger partial charge on any atom is -0.293 e. The summed E-state index contributed by atoms with van der Waals surface area (Å²) < 4.78 is 14.4. The zero-order chi connectivity index (χ0) is 14.1. The van der Waals surface area contributed by atoms with E-state index in [-0.39, 0.29) is 17.2 Å². The number of carbonyl (C=O) groups is 1. The molecule has 0 N–H and O–H groups in total. The molecule has 2 aromatic carbocycles. The highest BCUT2D eigenvalue weighted by Crippen LogP contribution is 2.27. The van der Waals surface area contributed by atoms with E-state index in [0.717, 1.165) is 10.1 Å². The Kier molecular flexibility index (Phi) is 3.55. The van der Waals surface area contributed by atoms with Crippen LogP contribution in [-0.2, 0) is 6.42 Å². The molecule has 0 saturated carbocycles. The highest BCUT2D eigenvalue weighted by molar-refractivity contribution is 7.20. The maximum absolute atomic E-state index is 13.4. The van der Waals surface area contributed by atoms with Crippen molar-refractivity contribution in [1.82, 2.24) is 0 Å². The molecule has 1 nitrogen and oxygen atoms in total. The van der Waals surface area contributed by atoms with Gasteiger partial charge in [-0.2, -0.15) is 0 Å². The third kappa shape index (κ3) is 2.47. The SMILES string of the molecule is O=C(Cc1cccc(F)c1Cl)c1cc2ccccc2s1. The van der Waals surface area contributed by atoms with E-state index in [1.54, 1.807) is 12.1 Å². The Hall–Kier alpha value is -1.71. The van der Waals surface area contributed by atoms with E-state index >= 15 is 0 Å². The van der Waals surface area contributed by atoms with Crippen molar-refractivity contribution in [3.05, 3.63) is 69.8 Å². The van der Waals surface area contributed by atoms with Gasteiger partial charge in [-0.3, -0.25) is 4.79 Å². The lowest BCUT2D eigenvalue weighted by Crippen LogP contribution is -2.02. The number of thiophene rings is 1. The summed E-state index contributed by atoms with van der Waals surface area (Å²) in [4.78, 5) is 12.9. The second-order valence-corrected chi connectivity index (χ2v) is 5.92. The standard InChI is InChI=1S/C16H10ClFOS/c17-16-11(5-3-6-12(16)18)8-13(19)15-9-10-4-1-2-7-14(10)20-15/h1-7,9H,8H2. The van der Waals surface area contributed by atoms with Gasteiger partial charge in [0, 0.05) is 11.1 Å². The number of hydrogen-bond acceptors (Lipinski definition) is 2. The van der Waals surface area contributed by atoms with Crippen LogP contribution in [0, 0.1) is 5.82 Å². The van der Waals surface area contributed by atoms with E-state index < -0.39 is 5.82 Å². The Morgan fingerprint density at radius 1 is 1.15 bits per heavy atom. The minimum atomic E-state index is -0.492. The van der Waals surface area contributed by atoms with E-state index in [1.165, 1.54) is 17.4 Å². The molecule has 0 aliphatic rings. The second kappa shape index (κ2) is 5.35. The summed E-state index contributed by atoms with van der Waals surface area (Å²) in [5.41, 5.74) is 0.522. The fraction of sp³-hybridized carbons (Fsp3) is 0.0625. The van der Waals surface area contributed by atoms with Crippen LogP contribution in [0.5, 0.6) is 0 Å². The molecular formula is C16H10ClFOS. The first-order chi connectivity index (χ1) is 9.65. The van der Waals surface area contributed by atoms with Crippen molar-refractivity contribution in [2.24, 2.45) is 0 Å². The number of ketones is 1. The summed E-state index contributed by atoms with van der Waals surface area (Å²) in [6.45, 7) is 0. The molecule has 1 aromatic heterocycles. The molecule has 0 aliphatic carbocycles. The van der Waals surface area contributed by atoms with Crippen molar-refractivity contribution in [2.75, 3.05) is 0 Å². The van der Waals surface area contributed by atoms with Crippen molar-refractivity contribution in [3.8, 4) is 0 Å². The van der Waals surface area contributed by atoms with Crippen molar-refractivity contribution in [3.63, 3.8) is 0 Å². The lowest BCUT2D eigenvalue weighted by Gasteiger charge is -2.03. The molecule has 0 radical (unpaired) electrons. The van der Waals surface area contributed by atoms with Gasteiger partial charge in [0.1, 0.15) is 5.82 Å². The quantitative estimate of drug-likeness (QED) is 0.614. The van der Waals surface area contributed by atoms with Crippen LogP contribution in [0.3, 0.4) is 0 Å². The van der Waals surface area contributed by atoms with Crippen LogP contribution in [0.15, 0.2) is 48.5 Å². The fourth-order valence-electron chi connectivity index (χ4n) is 2.06. The summed E-state index contributed by atoms with van der Waals surface area (Å²) in [6.07, 6.45) is 0.114. The molecule has 20 heavy (non-hydrogen) atoms. The Bertz CT molecular complexity index is 761. The maximum atomic E-state index is 13.4. The molecule has 1 heterocycles. The van der Waals surface area contributed by atoms with Crippen LogP contribution in [-0.4, -0.2) is 5.78 Å². The third-order valence-electron chi connectivity index (χ3n) is 3.08. The van der Waals surface area contributed by atoms with E-state index in [1.807, 2.05) is 30.3 Å². The first kappa shape index (κ1) is 13.3. The highest BCUT2D eigenvalue weighted by Gasteiger charge is 2.14. The number of rotatable bonds is 3. The number of halogens is 2. The molecule has 4 heteroatoms. The molecule has 0 aliphatic heterocycles. The summed E-state index contributed by atoms with van der Waals surface area (Å²) in [5.74, 6) is -0.535. The van der Waals surface area contributed by atoms with Gasteiger partial charge in [-0.05, 0) is 29.1 Å². The van der Waals surface area contributed by atoms with Gasteiger partial charge in [-0.15, -0.1) is 11.3 Å². The summed E-state index contributed by atoms with van der Waals surface area (Å²) in [6, 6.07) is 14.2. The number of carbonyl (C=O) groups excluding carboxylic acids is 1. The average molecular weight is 305 g/mol. The molecule has 3 aromatic rings. The smallest absolute Gasteiger partial charge is 0.177 e. The van der Waals surface area contributed by atoms with Crippen LogP contribution >= 0.6 is 22.9 Å². The number of hydrogen-bond donors (Lipinski definition) is 0. The third-order valence-corrected chi connectivity index (χ3v) is 4.66. The number of fused-ring (bicyclic) bond motifs is 1. The monoisotopic (exact) mass is 304 g/mol. The summed E-state index contributed by atoms with van der Waals surface area (Å²) in [7, 11) is 0. The van der Waals surface area contributed by atoms with E-state index in [4.69, 9.17) is 11.6 Å². The Balaban J connectivity index is 1.91. The first-order valence-electron chi connectivity index (χ1n) is 6.10. The molecule has 3 rings (SSSR count). The van der Waals surface area contributed by atoms with Gasteiger partial charge in [0.15, 0.2) is 5.78 Å². The van der Waals surface area contributed by atoms with Gasteiger partial charge in [0.25, 0.3) is 0 Å². The number of benzene rings is 2. The van der Waals surface area contributed by atoms with Crippen LogP contribution < -0.4 is 0 Å². The van der Waals surface area contributed by atoms with Gasteiger partial charge in [0.2, 0.25) is 0 Å². The lowest BCUT2D eigenvalue weighted by atomic mass is 10.1. The maximum Gasteiger partial charge on any atom is 0.177 e. The highest BCUT2D eigenvalue weighted by atomic mass is 35.5. The van der Waals surface area contributed by atoms with Crippen LogP contribution in [0.4, 0.5) is 4.39 Å². The molecule has 0 fully saturated rings. The molecule has 0 unspecified atom stereocenters. The summed E-state index contributed by atoms with van der Waals surface area (Å²) in [5, 5.41) is 1.08. The topological polar surface area (TPSA) is 17.1 Å². The Labute approximate surface area is 124 Å². The van der Waals surface area contributed by atoms with Crippen molar-refractivity contribution in [1.29, 1.82) is 0 Å². The fourth-order valence-corrected chi connectivity index (χ4v) is 3.26. The normalized spacial score (nSPS) is 10.9. The van der Waals surface area contributed by atoms with Gasteiger partial charge in [0.05, 0.1) is 9.90 Å². The van der Waals surface area contributed by atoms with Gasteiger partial charge in [-0.1, -0.05) is 41.9 Å². The van der Waals surface area contributed by atoms with E-state index in [2.05, 4.69) is 0 Å². The van der Waals surface area contributed by atoms with E-state index in [9.17, 15) is 9.18 Å². The Morgan fingerprint density at radius 3 is 2.75 bits per heavy atom. The van der Waals surface area contributed by atoms with Crippen LogP contribution in [0.1, 0.15) is 15.2 Å². The van der Waals surface area contributed by atoms with Crippen molar-refractivity contribution in [2.45, 2.75) is 6.42 Å². The van der Waals surface area contributed by atoms with E-state index in [0.29, 0.717) is 10.4 Å². The average Bonchev–Trinajstić information content (AvgIpc) is 2.88. The molecule has 0 bridgehead atoms. The molecule has 0 spiro atoms. The first-order valence-corrected chi connectivity index (χ1v) is 7.29. The minimum absolute atomic E-state index is 0.0296. The largest absolute Gasteiger partial charge is 0.293 e. The number of Topliss-reactive ketones (excluding diaryl/α,β-unsaturated/α-hetero) is 1. The molecule has 0 saturated heterocycles. The lowest BCUT2D eigenvalue weighted by molar-refractivity contribution is 0.0997. The summed E-state index contributed by atoms with van der Waals surface area (Å²) >= 11 is 7.33. The van der Waals surface area contributed by atoms with Gasteiger partial charge in [-0.25, -0.2) is 4.39 Å². The molecular weight excluding hydrogens is 295 g/mol. The molecule has 100 valence electrons.